The Morgan fingerprint density at radius 3 is 1.26 bits per heavy atom. The topological polar surface area (TPSA) is 74.7 Å². The molecule has 0 spiro atoms. The molecule has 1 heterocycles. The highest BCUT2D eigenvalue weighted by molar-refractivity contribution is 7.85. The summed E-state index contributed by atoms with van der Waals surface area (Å²) in [5.74, 6) is 0.906. The number of nitrogens with zero attached hydrogens (tertiary/aromatic N) is 1. The third kappa shape index (κ3) is 31.6. The number of hydrogen-bond donors (Lipinski definition) is 0. The van der Waals surface area contributed by atoms with E-state index >= 15 is 0 Å². The monoisotopic (exact) mass is 716 g/mol. The van der Waals surface area contributed by atoms with E-state index < -0.39 is 10.1 Å². The van der Waals surface area contributed by atoms with Crippen molar-refractivity contribution in [2.24, 2.45) is 0 Å². The molecule has 0 aliphatic heterocycles. The molecule has 0 saturated heterocycles. The summed E-state index contributed by atoms with van der Waals surface area (Å²) in [6, 6.07) is 3.49. The van der Waals surface area contributed by atoms with Gasteiger partial charge in [0, 0.05) is 12.1 Å². The summed E-state index contributed by atoms with van der Waals surface area (Å²) < 4.78 is 40.0. The normalized spacial score (nSPS) is 12.4. The molecule has 0 bridgehead atoms. The summed E-state index contributed by atoms with van der Waals surface area (Å²) in [7, 11) is -3.55. The van der Waals surface area contributed by atoms with Crippen LogP contribution in [0.2, 0.25) is 0 Å². The highest BCUT2D eigenvalue weighted by Gasteiger charge is 2.09. The van der Waals surface area contributed by atoms with Crippen LogP contribution in [0, 0.1) is 0 Å². The number of ether oxygens (including phenoxy) is 2. The highest BCUT2D eigenvalue weighted by atomic mass is 32.2. The average Bonchev–Trinajstić information content (AvgIpc) is 3.09. The Morgan fingerprint density at radius 1 is 0.520 bits per heavy atom. The predicted molar refractivity (Wildman–Crippen MR) is 214 cm³/mol. The van der Waals surface area contributed by atoms with Crippen molar-refractivity contribution < 1.29 is 22.1 Å². The molecule has 0 radical (unpaired) electrons. The molecule has 0 aliphatic rings. The largest absolute Gasteiger partial charge is 0.478 e. The van der Waals surface area contributed by atoms with Crippen molar-refractivity contribution in [2.45, 2.75) is 175 Å². The first-order chi connectivity index (χ1) is 24.4. The lowest BCUT2D eigenvalue weighted by Gasteiger charge is -2.11. The molecule has 1 aromatic rings. The zero-order valence-corrected chi connectivity index (χ0v) is 33.1. The SMILES string of the molecule is CCCCC/C=C\C/C=C\CCCCCCCCOc1cc(COS(C)(=O)=O)cc(OCCCCCCCC/C=C\C/C=C\CCCCC)n1. The second-order valence-corrected chi connectivity index (χ2v) is 15.1. The molecule has 1 rings (SSSR count). The van der Waals surface area contributed by atoms with Crippen LogP contribution in [0.3, 0.4) is 0 Å². The van der Waals surface area contributed by atoms with Crippen molar-refractivity contribution in [2.75, 3.05) is 19.5 Å². The summed E-state index contributed by atoms with van der Waals surface area (Å²) in [5, 5.41) is 0. The Kier molecular flexibility index (Phi) is 30.8. The van der Waals surface area contributed by atoms with Crippen molar-refractivity contribution in [1.29, 1.82) is 0 Å². The van der Waals surface area contributed by atoms with Gasteiger partial charge in [-0.25, -0.2) is 0 Å². The Bertz CT molecular complexity index is 1070. The fraction of sp³-hybridized carbons (Fsp3) is 0.698. The van der Waals surface area contributed by atoms with Gasteiger partial charge >= 0.3 is 0 Å². The fourth-order valence-corrected chi connectivity index (χ4v) is 5.82. The van der Waals surface area contributed by atoms with E-state index in [1.54, 1.807) is 12.1 Å². The number of hydrogen-bond acceptors (Lipinski definition) is 6. The van der Waals surface area contributed by atoms with E-state index in [0.29, 0.717) is 30.5 Å². The molecule has 0 aromatic carbocycles. The molecule has 0 saturated carbocycles. The van der Waals surface area contributed by atoms with Gasteiger partial charge in [0.15, 0.2) is 0 Å². The maximum Gasteiger partial charge on any atom is 0.264 e. The van der Waals surface area contributed by atoms with Gasteiger partial charge in [-0.1, -0.05) is 140 Å². The van der Waals surface area contributed by atoms with Crippen LogP contribution in [-0.4, -0.2) is 32.9 Å². The van der Waals surface area contributed by atoms with Crippen molar-refractivity contribution in [3.8, 4) is 11.8 Å². The molecule has 0 fully saturated rings. The molecule has 0 unspecified atom stereocenters. The molecule has 50 heavy (non-hydrogen) atoms. The first kappa shape index (κ1) is 45.6. The van der Waals surface area contributed by atoms with Gasteiger partial charge in [0.25, 0.3) is 10.1 Å². The van der Waals surface area contributed by atoms with Crippen LogP contribution in [0.15, 0.2) is 60.7 Å². The van der Waals surface area contributed by atoms with Gasteiger partial charge in [0.2, 0.25) is 11.8 Å². The first-order valence-electron chi connectivity index (χ1n) is 20.2. The second kappa shape index (κ2) is 33.7. The molecule has 0 N–H and O–H groups in total. The first-order valence-corrected chi connectivity index (χ1v) is 22.0. The van der Waals surface area contributed by atoms with Gasteiger partial charge in [-0.05, 0) is 82.6 Å². The smallest absolute Gasteiger partial charge is 0.264 e. The number of aromatic nitrogens is 1. The number of allylic oxidation sites excluding steroid dienone is 8. The second-order valence-electron chi connectivity index (χ2n) is 13.5. The van der Waals surface area contributed by atoms with Crippen molar-refractivity contribution in [3.05, 3.63) is 66.3 Å². The molecule has 0 amide bonds. The van der Waals surface area contributed by atoms with E-state index in [4.69, 9.17) is 13.7 Å². The minimum absolute atomic E-state index is 0.0655. The molecule has 6 nitrogen and oxygen atoms in total. The van der Waals surface area contributed by atoms with E-state index in [-0.39, 0.29) is 6.61 Å². The van der Waals surface area contributed by atoms with Gasteiger partial charge < -0.3 is 9.47 Å². The molecular weight excluding hydrogens is 643 g/mol. The summed E-state index contributed by atoms with van der Waals surface area (Å²) in [5.41, 5.74) is 0.671. The summed E-state index contributed by atoms with van der Waals surface area (Å²) in [6.45, 7) is 5.57. The summed E-state index contributed by atoms with van der Waals surface area (Å²) >= 11 is 0. The molecule has 286 valence electrons. The van der Waals surface area contributed by atoms with Gasteiger partial charge in [-0.15, -0.1) is 0 Å². The number of pyridine rings is 1. The lowest BCUT2D eigenvalue weighted by atomic mass is 10.1. The van der Waals surface area contributed by atoms with Crippen LogP contribution in [0.25, 0.3) is 0 Å². The highest BCUT2D eigenvalue weighted by Crippen LogP contribution is 2.21. The van der Waals surface area contributed by atoms with E-state index in [2.05, 4.69) is 67.4 Å². The number of unbranched alkanes of at least 4 members (excludes halogenated alkanes) is 18. The van der Waals surface area contributed by atoms with Crippen molar-refractivity contribution in [3.63, 3.8) is 0 Å². The quantitative estimate of drug-likeness (QED) is 0.0396. The average molecular weight is 716 g/mol. The van der Waals surface area contributed by atoms with Crippen LogP contribution < -0.4 is 9.47 Å². The Balaban J connectivity index is 2.22. The maximum absolute atomic E-state index is 11.6. The third-order valence-corrected chi connectivity index (χ3v) is 9.01. The van der Waals surface area contributed by atoms with Crippen molar-refractivity contribution in [1.82, 2.24) is 4.98 Å². The number of rotatable bonds is 35. The van der Waals surface area contributed by atoms with Crippen molar-refractivity contribution >= 4 is 10.1 Å². The van der Waals surface area contributed by atoms with E-state index in [0.717, 1.165) is 57.6 Å². The van der Waals surface area contributed by atoms with E-state index in [1.165, 1.54) is 103 Å². The summed E-state index contributed by atoms with van der Waals surface area (Å²) in [4.78, 5) is 4.53. The third-order valence-electron chi connectivity index (χ3n) is 8.47. The van der Waals surface area contributed by atoms with Crippen LogP contribution in [-0.2, 0) is 20.9 Å². The minimum atomic E-state index is -3.55. The van der Waals surface area contributed by atoms with Gasteiger partial charge in [0.1, 0.15) is 0 Å². The maximum atomic E-state index is 11.6. The molecule has 0 aliphatic carbocycles. The van der Waals surface area contributed by atoms with Crippen LogP contribution in [0.4, 0.5) is 0 Å². The zero-order valence-electron chi connectivity index (χ0n) is 32.3. The molecule has 7 heteroatoms. The van der Waals surface area contributed by atoms with Crippen LogP contribution in [0.5, 0.6) is 11.8 Å². The van der Waals surface area contributed by atoms with Gasteiger partial charge in [0.05, 0.1) is 26.1 Å². The fourth-order valence-electron chi connectivity index (χ4n) is 5.47. The van der Waals surface area contributed by atoms with E-state index in [9.17, 15) is 8.42 Å². The van der Waals surface area contributed by atoms with Gasteiger partial charge in [-0.2, -0.15) is 13.4 Å². The standard InChI is InChI=1S/C43H73NO5S/c1-4-6-8-10-12-14-16-18-20-22-24-26-28-30-32-34-36-47-42-38-41(40-49-50(3,45)46)39-43(44-42)48-37-35-33-31-29-27-25-23-21-19-17-15-13-11-9-7-5-2/h12-15,18-21,38-39H,4-11,16-17,22-37,40H2,1-3H3/b14-12-,15-13-,20-18-,21-19-. The lowest BCUT2D eigenvalue weighted by Crippen LogP contribution is -2.06. The summed E-state index contributed by atoms with van der Waals surface area (Å²) in [6.07, 6.45) is 48.3. The molecule has 1 aromatic heterocycles. The minimum Gasteiger partial charge on any atom is -0.478 e. The zero-order chi connectivity index (χ0) is 36.2. The Hall–Kier alpha value is -2.38. The van der Waals surface area contributed by atoms with Crippen LogP contribution in [0.1, 0.15) is 174 Å². The van der Waals surface area contributed by atoms with Crippen LogP contribution >= 0.6 is 0 Å². The Labute approximate surface area is 308 Å². The predicted octanol–water partition coefficient (Wildman–Crippen LogP) is 12.9. The molecule has 0 atom stereocenters. The Morgan fingerprint density at radius 2 is 0.880 bits per heavy atom. The molecular formula is C43H73NO5S. The lowest BCUT2D eigenvalue weighted by molar-refractivity contribution is 0.265. The van der Waals surface area contributed by atoms with Gasteiger partial charge in [-0.3, -0.25) is 4.18 Å². The van der Waals surface area contributed by atoms with E-state index in [1.807, 2.05) is 0 Å².